The maximum atomic E-state index is 12.4. The van der Waals surface area contributed by atoms with Gasteiger partial charge in [-0.25, -0.2) is 0 Å². The van der Waals surface area contributed by atoms with Crippen LogP contribution in [0.4, 0.5) is 11.4 Å². The molecule has 5 heteroatoms. The van der Waals surface area contributed by atoms with Crippen molar-refractivity contribution in [2.45, 2.75) is 52.4 Å². The number of nitrogens with one attached hydrogen (secondary N) is 2. The lowest BCUT2D eigenvalue weighted by atomic mass is 9.87. The molecule has 0 bridgehead atoms. The first-order valence-electron chi connectivity index (χ1n) is 10.1. The van der Waals surface area contributed by atoms with E-state index in [4.69, 9.17) is 0 Å². The number of benzene rings is 2. The van der Waals surface area contributed by atoms with Crippen LogP contribution in [0.15, 0.2) is 53.0 Å². The molecule has 0 unspecified atom stereocenters. The quantitative estimate of drug-likeness (QED) is 0.542. The van der Waals surface area contributed by atoms with Crippen LogP contribution in [0.2, 0.25) is 0 Å². The van der Waals surface area contributed by atoms with Gasteiger partial charge in [0.25, 0.3) is 5.91 Å². The van der Waals surface area contributed by atoms with E-state index in [2.05, 4.69) is 26.6 Å². The highest BCUT2D eigenvalue weighted by atomic mass is 79.9. The second kappa shape index (κ2) is 11.6. The Morgan fingerprint density at radius 2 is 1.57 bits per heavy atom. The molecule has 4 nitrogen and oxygen atoms in total. The van der Waals surface area contributed by atoms with Gasteiger partial charge in [0.05, 0.1) is 5.56 Å². The van der Waals surface area contributed by atoms with Gasteiger partial charge in [-0.2, -0.15) is 0 Å². The van der Waals surface area contributed by atoms with Crippen molar-refractivity contribution in [1.29, 1.82) is 0 Å². The highest BCUT2D eigenvalue weighted by Crippen LogP contribution is 2.27. The molecule has 0 aromatic heterocycles. The summed E-state index contributed by atoms with van der Waals surface area (Å²) in [6, 6.07) is 14.5. The van der Waals surface area contributed by atoms with Crippen molar-refractivity contribution in [2.24, 2.45) is 5.92 Å². The molecule has 2 aromatic carbocycles. The molecule has 2 amide bonds. The molecule has 1 saturated carbocycles. The predicted molar refractivity (Wildman–Crippen MR) is 120 cm³/mol. The fourth-order valence-electron chi connectivity index (χ4n) is 3.38. The fraction of sp³-hybridized carbons (Fsp3) is 0.391. The monoisotopic (exact) mass is 444 g/mol. The normalized spacial score (nSPS) is 13.8. The Bertz CT molecular complexity index is 786. The summed E-state index contributed by atoms with van der Waals surface area (Å²) in [5, 5.41) is 5.83. The Balaban J connectivity index is 0.00000136. The highest BCUT2D eigenvalue weighted by molar-refractivity contribution is 9.10. The first kappa shape index (κ1) is 22.2. The third-order valence-electron chi connectivity index (χ3n) is 4.72. The van der Waals surface area contributed by atoms with Crippen LogP contribution in [0, 0.1) is 5.92 Å². The molecule has 0 heterocycles. The lowest BCUT2D eigenvalue weighted by Gasteiger charge is -2.20. The van der Waals surface area contributed by atoms with Crippen molar-refractivity contribution in [3.8, 4) is 0 Å². The standard InChI is InChI=1S/C21H23BrN2O2.C2H6/c22-19-12-5-4-11-18(19)21(26)24-17-10-6-9-16(14-17)23-20(25)13-15-7-2-1-3-8-15;1-2/h4-6,9-12,14-15H,1-3,7-8,13H2,(H,23,25)(H,24,26);1-2H3. The van der Waals surface area contributed by atoms with Gasteiger partial charge >= 0.3 is 0 Å². The van der Waals surface area contributed by atoms with Crippen molar-refractivity contribution in [3.63, 3.8) is 0 Å². The molecule has 0 aliphatic heterocycles. The minimum Gasteiger partial charge on any atom is -0.326 e. The topological polar surface area (TPSA) is 58.2 Å². The van der Waals surface area contributed by atoms with Crippen LogP contribution in [-0.4, -0.2) is 11.8 Å². The molecule has 2 N–H and O–H groups in total. The van der Waals surface area contributed by atoms with E-state index in [0.717, 1.165) is 17.3 Å². The summed E-state index contributed by atoms with van der Waals surface area (Å²) in [7, 11) is 0. The summed E-state index contributed by atoms with van der Waals surface area (Å²) in [4.78, 5) is 24.7. The van der Waals surface area contributed by atoms with Gasteiger partial charge in [-0.05, 0) is 65.0 Å². The first-order chi connectivity index (χ1) is 13.6. The summed E-state index contributed by atoms with van der Waals surface area (Å²) >= 11 is 3.39. The van der Waals surface area contributed by atoms with Crippen molar-refractivity contribution in [1.82, 2.24) is 0 Å². The zero-order valence-corrected chi connectivity index (χ0v) is 18.2. The number of halogens is 1. The van der Waals surface area contributed by atoms with Crippen LogP contribution in [0.25, 0.3) is 0 Å². The van der Waals surface area contributed by atoms with Crippen LogP contribution >= 0.6 is 15.9 Å². The van der Waals surface area contributed by atoms with E-state index in [9.17, 15) is 9.59 Å². The van der Waals surface area contributed by atoms with Crippen LogP contribution in [0.5, 0.6) is 0 Å². The largest absolute Gasteiger partial charge is 0.326 e. The predicted octanol–water partition coefficient (Wildman–Crippen LogP) is 6.64. The zero-order valence-electron chi connectivity index (χ0n) is 16.6. The van der Waals surface area contributed by atoms with Crippen molar-refractivity contribution in [3.05, 3.63) is 58.6 Å². The number of amides is 2. The van der Waals surface area contributed by atoms with E-state index in [1.807, 2.05) is 50.2 Å². The third-order valence-corrected chi connectivity index (χ3v) is 5.41. The Labute approximate surface area is 176 Å². The van der Waals surface area contributed by atoms with Gasteiger partial charge in [0.15, 0.2) is 0 Å². The molecule has 1 aliphatic carbocycles. The van der Waals surface area contributed by atoms with E-state index in [1.54, 1.807) is 12.1 Å². The van der Waals surface area contributed by atoms with E-state index >= 15 is 0 Å². The fourth-order valence-corrected chi connectivity index (χ4v) is 3.85. The molecule has 2 aromatic rings. The van der Waals surface area contributed by atoms with Crippen molar-refractivity contribution < 1.29 is 9.59 Å². The molecule has 28 heavy (non-hydrogen) atoms. The SMILES string of the molecule is CC.O=C(CC1CCCCC1)Nc1cccc(NC(=O)c2ccccc2Br)c1. The van der Waals surface area contributed by atoms with Gasteiger partial charge < -0.3 is 10.6 Å². The molecule has 0 spiro atoms. The van der Waals surface area contributed by atoms with Gasteiger partial charge in [0.2, 0.25) is 5.91 Å². The second-order valence-corrected chi connectivity index (χ2v) is 7.63. The molecule has 0 atom stereocenters. The Morgan fingerprint density at radius 3 is 2.25 bits per heavy atom. The Kier molecular flexibility index (Phi) is 9.21. The maximum absolute atomic E-state index is 12.4. The Hall–Kier alpha value is -2.14. The average molecular weight is 445 g/mol. The molecule has 150 valence electrons. The summed E-state index contributed by atoms with van der Waals surface area (Å²) < 4.78 is 0.745. The van der Waals surface area contributed by atoms with E-state index in [-0.39, 0.29) is 11.8 Å². The number of carbonyl (C=O) groups is 2. The molecule has 1 aliphatic rings. The van der Waals surface area contributed by atoms with Crippen LogP contribution < -0.4 is 10.6 Å². The average Bonchev–Trinajstić information content (AvgIpc) is 2.70. The van der Waals surface area contributed by atoms with Crippen LogP contribution in [0.1, 0.15) is 62.7 Å². The summed E-state index contributed by atoms with van der Waals surface area (Å²) in [5.74, 6) is 0.358. The van der Waals surface area contributed by atoms with Crippen LogP contribution in [0.3, 0.4) is 0 Å². The molecule has 0 radical (unpaired) electrons. The molecule has 3 rings (SSSR count). The first-order valence-corrected chi connectivity index (χ1v) is 10.9. The third kappa shape index (κ3) is 6.79. The molecule has 0 saturated heterocycles. The van der Waals surface area contributed by atoms with Gasteiger partial charge in [-0.1, -0.05) is 51.3 Å². The molecule has 1 fully saturated rings. The number of hydrogen-bond donors (Lipinski definition) is 2. The lowest BCUT2D eigenvalue weighted by molar-refractivity contribution is -0.117. The smallest absolute Gasteiger partial charge is 0.256 e. The van der Waals surface area contributed by atoms with Crippen molar-refractivity contribution in [2.75, 3.05) is 10.6 Å². The van der Waals surface area contributed by atoms with Gasteiger partial charge in [0, 0.05) is 22.3 Å². The molecular weight excluding hydrogens is 416 g/mol. The molecular formula is C23H29BrN2O2. The lowest BCUT2D eigenvalue weighted by Crippen LogP contribution is -2.18. The van der Waals surface area contributed by atoms with E-state index in [0.29, 0.717) is 29.3 Å². The second-order valence-electron chi connectivity index (χ2n) is 6.77. The van der Waals surface area contributed by atoms with Crippen LogP contribution in [-0.2, 0) is 4.79 Å². The zero-order chi connectivity index (χ0) is 20.4. The summed E-state index contributed by atoms with van der Waals surface area (Å²) in [6.45, 7) is 4.00. The minimum atomic E-state index is -0.192. The minimum absolute atomic E-state index is 0.0474. The van der Waals surface area contributed by atoms with E-state index in [1.165, 1.54) is 19.3 Å². The number of hydrogen-bond acceptors (Lipinski definition) is 2. The van der Waals surface area contributed by atoms with Gasteiger partial charge in [0.1, 0.15) is 0 Å². The number of anilines is 2. The van der Waals surface area contributed by atoms with Crippen molar-refractivity contribution >= 4 is 39.1 Å². The number of rotatable bonds is 5. The van der Waals surface area contributed by atoms with Gasteiger partial charge in [-0.15, -0.1) is 0 Å². The summed E-state index contributed by atoms with van der Waals surface area (Å²) in [6.07, 6.45) is 6.62. The van der Waals surface area contributed by atoms with E-state index < -0.39 is 0 Å². The highest BCUT2D eigenvalue weighted by Gasteiger charge is 2.17. The maximum Gasteiger partial charge on any atom is 0.256 e. The Morgan fingerprint density at radius 1 is 0.929 bits per heavy atom. The number of carbonyl (C=O) groups excluding carboxylic acids is 2. The van der Waals surface area contributed by atoms with Gasteiger partial charge in [-0.3, -0.25) is 9.59 Å². The summed E-state index contributed by atoms with van der Waals surface area (Å²) in [5.41, 5.74) is 1.93.